The van der Waals surface area contributed by atoms with Gasteiger partial charge in [0.05, 0.1) is 11.4 Å². The first-order valence-electron chi connectivity index (χ1n) is 10.1. The zero-order valence-corrected chi connectivity index (χ0v) is 18.4. The van der Waals surface area contributed by atoms with Gasteiger partial charge in [-0.25, -0.2) is 4.98 Å². The molecule has 154 valence electrons. The topological polar surface area (TPSA) is 75.3 Å². The van der Waals surface area contributed by atoms with Crippen molar-refractivity contribution in [3.63, 3.8) is 0 Å². The molecule has 0 aliphatic rings. The van der Waals surface area contributed by atoms with Crippen molar-refractivity contribution < 1.29 is 4.52 Å². The van der Waals surface area contributed by atoms with Crippen molar-refractivity contribution in [3.8, 4) is 10.6 Å². The average molecular weight is 412 g/mol. The number of guanidine groups is 1. The Labute approximate surface area is 176 Å². The summed E-state index contributed by atoms with van der Waals surface area (Å²) in [6.07, 6.45) is 2.54. The summed E-state index contributed by atoms with van der Waals surface area (Å²) in [6.45, 7) is 7.69. The van der Waals surface area contributed by atoms with Crippen LogP contribution in [0.3, 0.4) is 0 Å². The van der Waals surface area contributed by atoms with Crippen molar-refractivity contribution in [1.82, 2.24) is 20.8 Å². The van der Waals surface area contributed by atoms with Gasteiger partial charge in [-0.15, -0.1) is 11.3 Å². The monoisotopic (exact) mass is 411 g/mol. The summed E-state index contributed by atoms with van der Waals surface area (Å²) in [5, 5.41) is 14.1. The number of hydrogen-bond acceptors (Lipinski definition) is 5. The first kappa shape index (κ1) is 21.0. The number of aromatic nitrogens is 2. The number of thiazole rings is 1. The van der Waals surface area contributed by atoms with Crippen molar-refractivity contribution in [3.05, 3.63) is 57.9 Å². The van der Waals surface area contributed by atoms with Gasteiger partial charge in [-0.1, -0.05) is 48.8 Å². The number of hydrogen-bond donors (Lipinski definition) is 2. The Morgan fingerprint density at radius 1 is 1.14 bits per heavy atom. The molecule has 0 bridgehead atoms. The summed E-state index contributed by atoms with van der Waals surface area (Å²) in [5.41, 5.74) is 5.67. The van der Waals surface area contributed by atoms with Gasteiger partial charge >= 0.3 is 0 Å². The van der Waals surface area contributed by atoms with Crippen LogP contribution in [0.4, 0.5) is 0 Å². The van der Waals surface area contributed by atoms with E-state index in [-0.39, 0.29) is 0 Å². The van der Waals surface area contributed by atoms with Crippen molar-refractivity contribution in [2.24, 2.45) is 4.99 Å². The molecule has 29 heavy (non-hydrogen) atoms. The molecule has 0 aliphatic carbocycles. The first-order chi connectivity index (χ1) is 14.1. The van der Waals surface area contributed by atoms with Crippen molar-refractivity contribution in [1.29, 1.82) is 0 Å². The normalized spacial score (nSPS) is 11.7. The molecule has 2 aromatic heterocycles. The lowest BCUT2D eigenvalue weighted by Gasteiger charge is -2.11. The standard InChI is InChI=1S/C22H29N5OS/c1-5-19-18(20(6-2)28-27-19)13-25-22(23-4)24-12-11-17-14-29-21(26-17)16-9-7-15(3)8-10-16/h7-10,14H,5-6,11-13H2,1-4H3,(H2,23,24,25). The van der Waals surface area contributed by atoms with Crippen LogP contribution in [0.25, 0.3) is 10.6 Å². The maximum atomic E-state index is 5.43. The minimum atomic E-state index is 0.657. The minimum absolute atomic E-state index is 0.657. The van der Waals surface area contributed by atoms with Gasteiger partial charge in [-0.05, 0) is 13.3 Å². The summed E-state index contributed by atoms with van der Waals surface area (Å²) < 4.78 is 5.43. The fourth-order valence-corrected chi connectivity index (χ4v) is 3.95. The second-order valence-corrected chi connectivity index (χ2v) is 7.71. The van der Waals surface area contributed by atoms with Crippen LogP contribution in [0.15, 0.2) is 39.2 Å². The zero-order chi connectivity index (χ0) is 20.6. The lowest BCUT2D eigenvalue weighted by atomic mass is 10.1. The molecule has 0 fully saturated rings. The largest absolute Gasteiger partial charge is 0.361 e. The van der Waals surface area contributed by atoms with Gasteiger partial charge in [0.15, 0.2) is 5.96 Å². The van der Waals surface area contributed by atoms with Gasteiger partial charge in [0, 0.05) is 49.5 Å². The van der Waals surface area contributed by atoms with Gasteiger partial charge < -0.3 is 15.2 Å². The minimum Gasteiger partial charge on any atom is -0.361 e. The van der Waals surface area contributed by atoms with E-state index in [4.69, 9.17) is 9.51 Å². The number of aliphatic imine (C=N–C) groups is 1. The highest BCUT2D eigenvalue weighted by atomic mass is 32.1. The molecule has 0 atom stereocenters. The summed E-state index contributed by atoms with van der Waals surface area (Å²) in [5.74, 6) is 1.71. The molecule has 0 amide bonds. The number of rotatable bonds is 8. The molecular formula is C22H29N5OS. The molecule has 0 saturated heterocycles. The second kappa shape index (κ2) is 10.2. The number of benzene rings is 1. The van der Waals surface area contributed by atoms with E-state index in [1.165, 1.54) is 11.1 Å². The van der Waals surface area contributed by atoms with E-state index in [0.717, 1.165) is 59.5 Å². The maximum absolute atomic E-state index is 5.43. The Hall–Kier alpha value is -2.67. The summed E-state index contributed by atoms with van der Waals surface area (Å²) in [6, 6.07) is 8.50. The predicted molar refractivity (Wildman–Crippen MR) is 119 cm³/mol. The fourth-order valence-electron chi connectivity index (χ4n) is 3.09. The predicted octanol–water partition coefficient (Wildman–Crippen LogP) is 4.14. The summed E-state index contributed by atoms with van der Waals surface area (Å²) in [4.78, 5) is 9.08. The highest BCUT2D eigenvalue weighted by molar-refractivity contribution is 7.13. The molecule has 0 unspecified atom stereocenters. The smallest absolute Gasteiger partial charge is 0.191 e. The third-order valence-corrected chi connectivity index (χ3v) is 5.73. The van der Waals surface area contributed by atoms with Crippen molar-refractivity contribution >= 4 is 17.3 Å². The Morgan fingerprint density at radius 3 is 2.62 bits per heavy atom. The molecule has 0 saturated carbocycles. The molecule has 1 aromatic carbocycles. The molecule has 3 rings (SSSR count). The van der Waals surface area contributed by atoms with Crippen LogP contribution in [-0.4, -0.2) is 29.7 Å². The van der Waals surface area contributed by atoms with E-state index in [1.807, 2.05) is 0 Å². The van der Waals surface area contributed by atoms with E-state index in [2.05, 4.69) is 71.2 Å². The molecule has 0 spiro atoms. The van der Waals surface area contributed by atoms with Crippen LogP contribution >= 0.6 is 11.3 Å². The molecule has 7 heteroatoms. The lowest BCUT2D eigenvalue weighted by Crippen LogP contribution is -2.38. The van der Waals surface area contributed by atoms with Crippen LogP contribution in [-0.2, 0) is 25.8 Å². The van der Waals surface area contributed by atoms with E-state index in [1.54, 1.807) is 18.4 Å². The summed E-state index contributed by atoms with van der Waals surface area (Å²) in [7, 11) is 1.78. The first-order valence-corrected chi connectivity index (χ1v) is 10.9. The second-order valence-electron chi connectivity index (χ2n) is 6.85. The van der Waals surface area contributed by atoms with Gasteiger partial charge in [-0.3, -0.25) is 4.99 Å². The maximum Gasteiger partial charge on any atom is 0.191 e. The van der Waals surface area contributed by atoms with Gasteiger partial charge in [0.1, 0.15) is 10.8 Å². The molecule has 2 heterocycles. The Kier molecular flexibility index (Phi) is 7.41. The number of aryl methyl sites for hydroxylation is 3. The van der Waals surface area contributed by atoms with Gasteiger partial charge in [0.2, 0.25) is 0 Å². The molecule has 3 aromatic rings. The van der Waals surface area contributed by atoms with E-state index in [9.17, 15) is 0 Å². The Morgan fingerprint density at radius 2 is 1.93 bits per heavy atom. The van der Waals surface area contributed by atoms with Gasteiger partial charge in [0.25, 0.3) is 0 Å². The molecular weight excluding hydrogens is 382 g/mol. The van der Waals surface area contributed by atoms with Crippen LogP contribution in [0.1, 0.15) is 42.1 Å². The van der Waals surface area contributed by atoms with Gasteiger partial charge in [-0.2, -0.15) is 0 Å². The third-order valence-electron chi connectivity index (χ3n) is 4.79. The highest BCUT2D eigenvalue weighted by Crippen LogP contribution is 2.24. The van der Waals surface area contributed by atoms with E-state index < -0.39 is 0 Å². The van der Waals surface area contributed by atoms with Crippen LogP contribution < -0.4 is 10.6 Å². The van der Waals surface area contributed by atoms with Crippen molar-refractivity contribution in [2.45, 2.75) is 46.6 Å². The zero-order valence-electron chi connectivity index (χ0n) is 17.6. The number of nitrogens with zero attached hydrogens (tertiary/aromatic N) is 3. The molecule has 0 aliphatic heterocycles. The average Bonchev–Trinajstić information content (AvgIpc) is 3.37. The SMILES string of the molecule is CCc1noc(CC)c1CNC(=NC)NCCc1csc(-c2ccc(C)cc2)n1. The fraction of sp³-hybridized carbons (Fsp3) is 0.409. The molecule has 2 N–H and O–H groups in total. The third kappa shape index (κ3) is 5.44. The quantitative estimate of drug-likeness (QED) is 0.430. The van der Waals surface area contributed by atoms with Crippen LogP contribution in [0, 0.1) is 6.92 Å². The highest BCUT2D eigenvalue weighted by Gasteiger charge is 2.13. The van der Waals surface area contributed by atoms with Crippen LogP contribution in [0.5, 0.6) is 0 Å². The van der Waals surface area contributed by atoms with E-state index >= 15 is 0 Å². The summed E-state index contributed by atoms with van der Waals surface area (Å²) >= 11 is 1.69. The molecule has 0 radical (unpaired) electrons. The Bertz CT molecular complexity index is 921. The number of nitrogens with one attached hydrogen (secondary N) is 2. The van der Waals surface area contributed by atoms with Crippen molar-refractivity contribution in [2.75, 3.05) is 13.6 Å². The molecule has 6 nitrogen and oxygen atoms in total. The van der Waals surface area contributed by atoms with Crippen LogP contribution in [0.2, 0.25) is 0 Å². The van der Waals surface area contributed by atoms with E-state index in [0.29, 0.717) is 6.54 Å². The Balaban J connectivity index is 1.50. The lowest BCUT2D eigenvalue weighted by molar-refractivity contribution is 0.380.